The molecule has 0 bridgehead atoms. The van der Waals surface area contributed by atoms with Crippen molar-refractivity contribution >= 4 is 30.5 Å². The number of para-hydroxylation sites is 1. The third-order valence-corrected chi connectivity index (χ3v) is 4.75. The average Bonchev–Trinajstić information content (AvgIpc) is 2.82. The van der Waals surface area contributed by atoms with E-state index in [0.29, 0.717) is 11.3 Å². The highest BCUT2D eigenvalue weighted by Crippen LogP contribution is 2.45. The van der Waals surface area contributed by atoms with Crippen molar-refractivity contribution in [1.29, 1.82) is 0 Å². The van der Waals surface area contributed by atoms with E-state index in [-0.39, 0.29) is 12.6 Å². The Morgan fingerprint density at radius 1 is 1.30 bits per heavy atom. The van der Waals surface area contributed by atoms with Crippen LogP contribution in [0.1, 0.15) is 11.1 Å². The fourth-order valence-electron chi connectivity index (χ4n) is 1.80. The zero-order chi connectivity index (χ0) is 14.6. The first-order valence-corrected chi connectivity index (χ1v) is 8.66. The van der Waals surface area contributed by atoms with Crippen molar-refractivity contribution in [3.05, 3.63) is 52.2 Å². The summed E-state index contributed by atoms with van der Waals surface area (Å²) in [5.41, 5.74) is 1.65. The van der Waals surface area contributed by atoms with Crippen LogP contribution in [0, 0.1) is 0 Å². The molecule has 0 fully saturated rings. The minimum absolute atomic E-state index is 0.0118. The van der Waals surface area contributed by atoms with E-state index in [0.717, 1.165) is 5.56 Å². The predicted octanol–water partition coefficient (Wildman–Crippen LogP) is 3.17. The van der Waals surface area contributed by atoms with Crippen LogP contribution >= 0.6 is 18.9 Å². The van der Waals surface area contributed by atoms with E-state index in [1.54, 1.807) is 30.3 Å². The molecule has 1 aromatic heterocycles. The molecule has 0 amide bonds. The fraction of sp³-hybridized carbons (Fsp3) is 0.154. The number of nitrogens with one attached hydrogen (secondary N) is 1. The van der Waals surface area contributed by atoms with Gasteiger partial charge in [0, 0.05) is 5.69 Å². The molecule has 0 spiro atoms. The summed E-state index contributed by atoms with van der Waals surface area (Å²) in [6.07, 6.45) is -0.181. The summed E-state index contributed by atoms with van der Waals surface area (Å²) in [4.78, 5) is 20.8. The molecule has 2 rings (SSSR count). The molecule has 1 atom stereocenters. The Balaban J connectivity index is 2.16. The van der Waals surface area contributed by atoms with Gasteiger partial charge in [-0.1, -0.05) is 18.2 Å². The monoisotopic (exact) mass is 311 g/mol. The van der Waals surface area contributed by atoms with Crippen molar-refractivity contribution in [2.75, 3.05) is 5.09 Å². The number of thiophene rings is 1. The van der Waals surface area contributed by atoms with Crippen molar-refractivity contribution in [3.63, 3.8) is 0 Å². The molecule has 0 aliphatic carbocycles. The molecular weight excluding hydrogens is 297 g/mol. The van der Waals surface area contributed by atoms with Crippen molar-refractivity contribution in [3.8, 4) is 0 Å². The van der Waals surface area contributed by atoms with E-state index in [4.69, 9.17) is 5.11 Å². The molecule has 0 saturated heterocycles. The van der Waals surface area contributed by atoms with Crippen molar-refractivity contribution in [2.24, 2.45) is 0 Å². The standard InChI is InChI=1S/C13H14NO4PS/c15-13(16)7-11-3-1-2-4-12(11)14-19(17,18)8-10-5-6-20-9-10/h1-6,9H,7-8H2,(H,15,16)(H2,14,17,18). The van der Waals surface area contributed by atoms with Crippen molar-refractivity contribution < 1.29 is 19.4 Å². The fourth-order valence-corrected chi connectivity index (χ4v) is 3.96. The summed E-state index contributed by atoms with van der Waals surface area (Å²) in [7, 11) is -3.61. The number of anilines is 1. The number of benzene rings is 1. The zero-order valence-corrected chi connectivity index (χ0v) is 12.2. The third-order valence-electron chi connectivity index (χ3n) is 2.63. The van der Waals surface area contributed by atoms with Crippen molar-refractivity contribution in [1.82, 2.24) is 0 Å². The highest BCUT2D eigenvalue weighted by atomic mass is 32.1. The summed E-state index contributed by atoms with van der Waals surface area (Å²) in [6.45, 7) is 0. The van der Waals surface area contributed by atoms with E-state index in [2.05, 4.69) is 5.09 Å². The largest absolute Gasteiger partial charge is 0.481 e. The van der Waals surface area contributed by atoms with Gasteiger partial charge in [0.2, 0.25) is 0 Å². The minimum Gasteiger partial charge on any atom is -0.481 e. The number of rotatable bonds is 6. The second kappa shape index (κ2) is 6.22. The van der Waals surface area contributed by atoms with Gasteiger partial charge >= 0.3 is 5.97 Å². The predicted molar refractivity (Wildman–Crippen MR) is 79.3 cm³/mol. The Labute approximate surface area is 120 Å². The molecule has 3 N–H and O–H groups in total. The lowest BCUT2D eigenvalue weighted by atomic mass is 10.1. The normalized spacial score (nSPS) is 13.7. The van der Waals surface area contributed by atoms with Crippen LogP contribution < -0.4 is 5.09 Å². The Morgan fingerprint density at radius 3 is 2.70 bits per heavy atom. The quantitative estimate of drug-likeness (QED) is 0.713. The summed E-state index contributed by atoms with van der Waals surface area (Å²) >= 11 is 1.46. The molecule has 0 aliphatic rings. The lowest BCUT2D eigenvalue weighted by molar-refractivity contribution is -0.136. The number of hydrogen-bond acceptors (Lipinski definition) is 3. The molecular formula is C13H14NO4PS. The number of carbonyl (C=O) groups is 1. The van der Waals surface area contributed by atoms with Gasteiger partial charge in [0.1, 0.15) is 0 Å². The van der Waals surface area contributed by atoms with Crippen LogP contribution in [-0.4, -0.2) is 16.0 Å². The smallest absolute Gasteiger partial charge is 0.307 e. The first-order chi connectivity index (χ1) is 9.46. The average molecular weight is 311 g/mol. The molecule has 1 unspecified atom stereocenters. The van der Waals surface area contributed by atoms with Gasteiger partial charge in [-0.2, -0.15) is 11.3 Å². The molecule has 7 heteroatoms. The van der Waals surface area contributed by atoms with Gasteiger partial charge in [-0.3, -0.25) is 9.36 Å². The van der Waals surface area contributed by atoms with Crippen LogP contribution in [0.3, 0.4) is 0 Å². The first kappa shape index (κ1) is 14.8. The van der Waals surface area contributed by atoms with Crippen LogP contribution in [-0.2, 0) is 21.9 Å². The topological polar surface area (TPSA) is 86.6 Å². The third kappa shape index (κ3) is 4.20. The van der Waals surface area contributed by atoms with Gasteiger partial charge in [-0.25, -0.2) is 0 Å². The van der Waals surface area contributed by atoms with Gasteiger partial charge in [0.05, 0.1) is 12.6 Å². The molecule has 106 valence electrons. The lowest BCUT2D eigenvalue weighted by Crippen LogP contribution is -2.05. The lowest BCUT2D eigenvalue weighted by Gasteiger charge is -2.16. The van der Waals surface area contributed by atoms with Crippen LogP contribution in [0.4, 0.5) is 5.69 Å². The molecule has 0 radical (unpaired) electrons. The number of carboxylic acids is 1. The first-order valence-electron chi connectivity index (χ1n) is 5.87. The van der Waals surface area contributed by atoms with Crippen LogP contribution in [0.15, 0.2) is 41.1 Å². The maximum absolute atomic E-state index is 12.2. The second-order valence-electron chi connectivity index (χ2n) is 4.33. The Hall–Kier alpha value is -1.62. The second-order valence-corrected chi connectivity index (χ2v) is 7.05. The number of hydrogen-bond donors (Lipinski definition) is 3. The molecule has 0 saturated carbocycles. The maximum Gasteiger partial charge on any atom is 0.307 e. The Morgan fingerprint density at radius 2 is 2.05 bits per heavy atom. The summed E-state index contributed by atoms with van der Waals surface area (Å²) in [6, 6.07) is 8.41. The molecule has 1 aromatic carbocycles. The van der Waals surface area contributed by atoms with E-state index in [9.17, 15) is 14.3 Å². The van der Waals surface area contributed by atoms with Crippen LogP contribution in [0.5, 0.6) is 0 Å². The molecule has 0 aliphatic heterocycles. The van der Waals surface area contributed by atoms with Gasteiger partial charge in [-0.15, -0.1) is 0 Å². The number of aliphatic carboxylic acids is 1. The molecule has 20 heavy (non-hydrogen) atoms. The van der Waals surface area contributed by atoms with Crippen LogP contribution in [0.2, 0.25) is 0 Å². The summed E-state index contributed by atoms with van der Waals surface area (Å²) in [5.74, 6) is -0.982. The van der Waals surface area contributed by atoms with Gasteiger partial charge in [0.15, 0.2) is 0 Å². The SMILES string of the molecule is O=C(O)Cc1ccccc1NP(=O)(O)Cc1ccsc1. The van der Waals surface area contributed by atoms with E-state index in [1.165, 1.54) is 11.3 Å². The van der Waals surface area contributed by atoms with E-state index in [1.807, 2.05) is 10.8 Å². The van der Waals surface area contributed by atoms with Gasteiger partial charge in [0.25, 0.3) is 7.52 Å². The number of carboxylic acid groups (broad SMARTS) is 1. The Kier molecular flexibility index (Phi) is 4.60. The van der Waals surface area contributed by atoms with Crippen molar-refractivity contribution in [2.45, 2.75) is 12.6 Å². The summed E-state index contributed by atoms with van der Waals surface area (Å²) in [5, 5.41) is 15.1. The molecule has 1 heterocycles. The Bertz CT molecular complexity index is 642. The highest BCUT2D eigenvalue weighted by Gasteiger charge is 2.20. The van der Waals surface area contributed by atoms with Gasteiger partial charge in [-0.05, 0) is 34.0 Å². The minimum atomic E-state index is -3.61. The molecule has 5 nitrogen and oxygen atoms in total. The highest BCUT2D eigenvalue weighted by molar-refractivity contribution is 7.58. The van der Waals surface area contributed by atoms with Crippen LogP contribution in [0.25, 0.3) is 0 Å². The van der Waals surface area contributed by atoms with Gasteiger partial charge < -0.3 is 15.1 Å². The van der Waals surface area contributed by atoms with E-state index < -0.39 is 13.5 Å². The maximum atomic E-state index is 12.2. The van der Waals surface area contributed by atoms with E-state index >= 15 is 0 Å². The zero-order valence-electron chi connectivity index (χ0n) is 10.5. The molecule has 2 aromatic rings. The summed E-state index contributed by atoms with van der Waals surface area (Å²) < 4.78 is 12.2.